The fraction of sp³-hybridized carbons (Fsp3) is 0.429. The summed E-state index contributed by atoms with van der Waals surface area (Å²) in [6.07, 6.45) is 1.35. The van der Waals surface area contributed by atoms with Crippen molar-refractivity contribution < 1.29 is 31.9 Å². The number of rotatable bonds is 5. The predicted molar refractivity (Wildman–Crippen MR) is 75.9 cm³/mol. The maximum absolute atomic E-state index is 12.4. The van der Waals surface area contributed by atoms with E-state index >= 15 is 0 Å². The first-order valence-electron chi connectivity index (χ1n) is 6.87. The highest BCUT2D eigenvalue weighted by atomic mass is 32.2. The van der Waals surface area contributed by atoms with Crippen molar-refractivity contribution in [1.29, 1.82) is 0 Å². The Labute approximate surface area is 131 Å². The second-order valence-electron chi connectivity index (χ2n) is 5.35. The molecule has 1 aromatic rings. The molecule has 0 heterocycles. The molecular weight excluding hydrogens is 332 g/mol. The minimum atomic E-state index is -4.69. The number of nitrogens with one attached hydrogen (secondary N) is 1. The molecule has 9 heteroatoms. The van der Waals surface area contributed by atoms with Gasteiger partial charge in [0.25, 0.3) is 5.91 Å². The maximum Gasteiger partial charge on any atom is 0.341 e. The lowest BCUT2D eigenvalue weighted by Crippen LogP contribution is -2.33. The first-order chi connectivity index (χ1) is 10.7. The molecule has 1 aliphatic rings. The van der Waals surface area contributed by atoms with Gasteiger partial charge in [-0.05, 0) is 43.5 Å². The van der Waals surface area contributed by atoms with Crippen molar-refractivity contribution in [2.45, 2.75) is 36.0 Å². The summed E-state index contributed by atoms with van der Waals surface area (Å²) >= 11 is 0. The zero-order valence-corrected chi connectivity index (χ0v) is 12.7. The van der Waals surface area contributed by atoms with Crippen molar-refractivity contribution in [3.8, 4) is 0 Å². The fourth-order valence-electron chi connectivity index (χ4n) is 2.50. The van der Waals surface area contributed by atoms with Gasteiger partial charge in [-0.2, -0.15) is 8.78 Å². The number of halogens is 2. The molecule has 6 nitrogen and oxygen atoms in total. The van der Waals surface area contributed by atoms with Gasteiger partial charge in [0.15, 0.2) is 0 Å². The van der Waals surface area contributed by atoms with E-state index in [0.29, 0.717) is 19.3 Å². The Morgan fingerprint density at radius 3 is 2.26 bits per heavy atom. The van der Waals surface area contributed by atoms with Crippen LogP contribution in [-0.4, -0.2) is 37.2 Å². The zero-order chi connectivity index (χ0) is 17.2. The Morgan fingerprint density at radius 1 is 1.17 bits per heavy atom. The van der Waals surface area contributed by atoms with Gasteiger partial charge in [-0.1, -0.05) is 0 Å². The van der Waals surface area contributed by atoms with Crippen molar-refractivity contribution in [1.82, 2.24) is 5.32 Å². The molecule has 126 valence electrons. The molecule has 0 unspecified atom stereocenters. The highest BCUT2D eigenvalue weighted by molar-refractivity contribution is 7.91. The Balaban J connectivity index is 2.03. The van der Waals surface area contributed by atoms with E-state index in [1.807, 2.05) is 0 Å². The number of carbonyl (C=O) groups is 2. The van der Waals surface area contributed by atoms with Crippen LogP contribution in [0.3, 0.4) is 0 Å². The van der Waals surface area contributed by atoms with Crippen molar-refractivity contribution in [2.24, 2.45) is 5.92 Å². The molecular formula is C14H15F2NO5S. The average molecular weight is 347 g/mol. The first kappa shape index (κ1) is 17.3. The van der Waals surface area contributed by atoms with Gasteiger partial charge in [-0.3, -0.25) is 9.59 Å². The Bertz CT molecular complexity index is 702. The van der Waals surface area contributed by atoms with Crippen LogP contribution in [0.15, 0.2) is 29.2 Å². The number of carbonyl (C=O) groups excluding carboxylic acids is 1. The van der Waals surface area contributed by atoms with Crippen molar-refractivity contribution in [3.05, 3.63) is 29.8 Å². The lowest BCUT2D eigenvalue weighted by molar-refractivity contribution is -0.141. The number of sulfone groups is 1. The molecule has 0 spiro atoms. The standard InChI is InChI=1S/C14H15F2NO5S/c15-14(16)23(21,22)11-5-2-8(3-6-11)12(18)17-10-4-1-9(7-10)13(19)20/h2-3,5-6,9-10,14H,1,4,7H2,(H,17,18)(H,19,20)/t9-,10+/m0/s1. The van der Waals surface area contributed by atoms with E-state index in [2.05, 4.69) is 5.32 Å². The van der Waals surface area contributed by atoms with Crippen LogP contribution in [0.5, 0.6) is 0 Å². The van der Waals surface area contributed by atoms with E-state index in [9.17, 15) is 26.8 Å². The van der Waals surface area contributed by atoms with Crippen molar-refractivity contribution >= 4 is 21.7 Å². The van der Waals surface area contributed by atoms with Crippen LogP contribution >= 0.6 is 0 Å². The summed E-state index contributed by atoms with van der Waals surface area (Å²) in [6, 6.07) is 3.92. The molecule has 1 aromatic carbocycles. The van der Waals surface area contributed by atoms with Crippen LogP contribution in [0, 0.1) is 5.92 Å². The van der Waals surface area contributed by atoms with Crippen LogP contribution in [0.4, 0.5) is 8.78 Å². The summed E-state index contributed by atoms with van der Waals surface area (Å²) in [6.45, 7) is 0. The molecule has 1 saturated carbocycles. The molecule has 2 atom stereocenters. The quantitative estimate of drug-likeness (QED) is 0.844. The second-order valence-corrected chi connectivity index (χ2v) is 7.27. The number of hydrogen-bond donors (Lipinski definition) is 2. The molecule has 1 fully saturated rings. The normalized spacial score (nSPS) is 21.3. The molecule has 0 saturated heterocycles. The van der Waals surface area contributed by atoms with Gasteiger partial charge < -0.3 is 10.4 Å². The number of carboxylic acid groups (broad SMARTS) is 1. The molecule has 1 aliphatic carbocycles. The topological polar surface area (TPSA) is 101 Å². The molecule has 0 aliphatic heterocycles. The van der Waals surface area contributed by atoms with Gasteiger partial charge in [0.05, 0.1) is 10.8 Å². The molecule has 0 radical (unpaired) electrons. The molecule has 2 N–H and O–H groups in total. The van der Waals surface area contributed by atoms with Crippen LogP contribution in [0.2, 0.25) is 0 Å². The highest BCUT2D eigenvalue weighted by Crippen LogP contribution is 2.26. The Kier molecular flexibility index (Phi) is 4.98. The van der Waals surface area contributed by atoms with Crippen LogP contribution in [-0.2, 0) is 14.6 Å². The molecule has 23 heavy (non-hydrogen) atoms. The molecule has 0 bridgehead atoms. The Morgan fingerprint density at radius 2 is 1.78 bits per heavy atom. The lowest BCUT2D eigenvalue weighted by Gasteiger charge is -2.12. The number of carboxylic acids is 1. The van der Waals surface area contributed by atoms with Gasteiger partial charge in [-0.25, -0.2) is 8.42 Å². The summed E-state index contributed by atoms with van der Waals surface area (Å²) in [7, 11) is -4.69. The lowest BCUT2D eigenvalue weighted by atomic mass is 10.1. The summed E-state index contributed by atoms with van der Waals surface area (Å²) < 4.78 is 47.4. The second kappa shape index (κ2) is 6.61. The van der Waals surface area contributed by atoms with Gasteiger partial charge in [0.1, 0.15) is 0 Å². The number of hydrogen-bond acceptors (Lipinski definition) is 4. The number of aliphatic carboxylic acids is 1. The van der Waals surface area contributed by atoms with Gasteiger partial charge in [-0.15, -0.1) is 0 Å². The third-order valence-electron chi connectivity index (χ3n) is 3.80. The average Bonchev–Trinajstić information content (AvgIpc) is 2.96. The summed E-state index contributed by atoms with van der Waals surface area (Å²) in [4.78, 5) is 22.3. The first-order valence-corrected chi connectivity index (χ1v) is 8.42. The van der Waals surface area contributed by atoms with Gasteiger partial charge in [0, 0.05) is 11.6 Å². The van der Waals surface area contributed by atoms with E-state index < -0.39 is 38.3 Å². The molecule has 2 rings (SSSR count). The minimum Gasteiger partial charge on any atom is -0.481 e. The third kappa shape index (κ3) is 3.84. The molecule has 0 aromatic heterocycles. The maximum atomic E-state index is 12.4. The van der Waals surface area contributed by atoms with E-state index in [0.717, 1.165) is 24.3 Å². The SMILES string of the molecule is O=C(N[C@@H]1CC[C@H](C(=O)O)C1)c1ccc(S(=O)(=O)C(F)F)cc1. The smallest absolute Gasteiger partial charge is 0.341 e. The summed E-state index contributed by atoms with van der Waals surface area (Å²) in [5.74, 6) is -5.40. The fourth-order valence-corrected chi connectivity index (χ4v) is 3.23. The van der Waals surface area contributed by atoms with Crippen LogP contribution in [0.1, 0.15) is 29.6 Å². The largest absolute Gasteiger partial charge is 0.481 e. The van der Waals surface area contributed by atoms with Crippen LogP contribution < -0.4 is 5.32 Å². The minimum absolute atomic E-state index is 0.122. The zero-order valence-electron chi connectivity index (χ0n) is 11.9. The van der Waals surface area contributed by atoms with E-state index in [-0.39, 0.29) is 11.6 Å². The monoisotopic (exact) mass is 347 g/mol. The van der Waals surface area contributed by atoms with Gasteiger partial charge >= 0.3 is 11.7 Å². The summed E-state index contributed by atoms with van der Waals surface area (Å²) in [5.41, 5.74) is 0.122. The van der Waals surface area contributed by atoms with E-state index in [1.54, 1.807) is 0 Å². The van der Waals surface area contributed by atoms with Crippen molar-refractivity contribution in [3.63, 3.8) is 0 Å². The summed E-state index contributed by atoms with van der Waals surface area (Å²) in [5, 5.41) is 11.6. The number of alkyl halides is 2. The van der Waals surface area contributed by atoms with Crippen LogP contribution in [0.25, 0.3) is 0 Å². The molecule has 1 amide bonds. The Hall–Kier alpha value is -2.03. The number of benzene rings is 1. The van der Waals surface area contributed by atoms with Gasteiger partial charge in [0.2, 0.25) is 9.84 Å². The highest BCUT2D eigenvalue weighted by Gasteiger charge is 2.31. The van der Waals surface area contributed by atoms with E-state index in [1.165, 1.54) is 0 Å². The predicted octanol–water partition coefficient (Wildman–Crippen LogP) is 1.67. The van der Waals surface area contributed by atoms with Crippen molar-refractivity contribution in [2.75, 3.05) is 0 Å². The van der Waals surface area contributed by atoms with E-state index in [4.69, 9.17) is 5.11 Å². The third-order valence-corrected chi connectivity index (χ3v) is 5.20. The number of amides is 1.